The smallest absolute Gasteiger partial charge is 0.259 e. The molecule has 0 spiro atoms. The molecule has 0 saturated carbocycles. The Labute approximate surface area is 158 Å². The Bertz CT molecular complexity index is 1150. The first-order valence-corrected chi connectivity index (χ1v) is 9.12. The van der Waals surface area contributed by atoms with Crippen LogP contribution in [-0.4, -0.2) is 25.7 Å². The van der Waals surface area contributed by atoms with Gasteiger partial charge in [0.15, 0.2) is 10.8 Å². The number of halogens is 1. The Morgan fingerprint density at radius 2 is 2.07 bits per heavy atom. The van der Waals surface area contributed by atoms with E-state index in [9.17, 15) is 9.18 Å². The van der Waals surface area contributed by atoms with E-state index < -0.39 is 0 Å². The first-order valence-electron chi connectivity index (χ1n) is 8.30. The number of benzene rings is 1. The third kappa shape index (κ3) is 3.43. The fourth-order valence-electron chi connectivity index (χ4n) is 2.88. The van der Waals surface area contributed by atoms with Gasteiger partial charge in [-0.1, -0.05) is 18.2 Å². The zero-order chi connectivity index (χ0) is 19.0. The van der Waals surface area contributed by atoms with E-state index in [2.05, 4.69) is 20.4 Å². The summed E-state index contributed by atoms with van der Waals surface area (Å²) in [6.07, 6.45) is 3.61. The summed E-state index contributed by atoms with van der Waals surface area (Å²) < 4.78 is 15.5. The summed E-state index contributed by atoms with van der Waals surface area (Å²) in [6, 6.07) is 8.40. The summed E-state index contributed by atoms with van der Waals surface area (Å²) in [7, 11) is 1.81. The maximum absolute atomic E-state index is 13.8. The van der Waals surface area contributed by atoms with Crippen molar-refractivity contribution in [3.05, 3.63) is 70.2 Å². The molecule has 0 aliphatic carbocycles. The van der Waals surface area contributed by atoms with Crippen LogP contribution in [0.15, 0.2) is 42.7 Å². The lowest BCUT2D eigenvalue weighted by Crippen LogP contribution is -2.12. The predicted octanol–water partition coefficient (Wildman–Crippen LogP) is 3.72. The largest absolute Gasteiger partial charge is 0.298 e. The van der Waals surface area contributed by atoms with Crippen LogP contribution < -0.4 is 5.32 Å². The van der Waals surface area contributed by atoms with Crippen LogP contribution in [-0.2, 0) is 13.5 Å². The second kappa shape index (κ2) is 6.88. The fraction of sp³-hybridized carbons (Fsp3) is 0.158. The Kier molecular flexibility index (Phi) is 4.41. The number of carbonyl (C=O) groups is 1. The van der Waals surface area contributed by atoms with Gasteiger partial charge in [0.05, 0.1) is 11.3 Å². The van der Waals surface area contributed by atoms with Gasteiger partial charge >= 0.3 is 0 Å². The van der Waals surface area contributed by atoms with Gasteiger partial charge in [-0.25, -0.2) is 14.4 Å². The number of nitrogens with zero attached hydrogens (tertiary/aromatic N) is 4. The van der Waals surface area contributed by atoms with Crippen LogP contribution in [0, 0.1) is 12.7 Å². The molecule has 3 aromatic heterocycles. The van der Waals surface area contributed by atoms with Gasteiger partial charge in [0.1, 0.15) is 5.82 Å². The first-order chi connectivity index (χ1) is 13.0. The molecule has 6 nitrogen and oxygen atoms in total. The minimum absolute atomic E-state index is 0.247. The molecule has 4 rings (SSSR count). The van der Waals surface area contributed by atoms with Crippen LogP contribution in [0.25, 0.3) is 11.0 Å². The zero-order valence-electron chi connectivity index (χ0n) is 14.7. The van der Waals surface area contributed by atoms with E-state index in [1.807, 2.05) is 14.0 Å². The highest BCUT2D eigenvalue weighted by molar-refractivity contribution is 7.15. The van der Waals surface area contributed by atoms with E-state index in [0.717, 1.165) is 21.6 Å². The van der Waals surface area contributed by atoms with Crippen LogP contribution in [0.4, 0.5) is 9.52 Å². The molecule has 1 aromatic carbocycles. The molecular formula is C19H16FN5OS. The van der Waals surface area contributed by atoms with Gasteiger partial charge < -0.3 is 0 Å². The molecule has 1 N–H and O–H groups in total. The zero-order valence-corrected chi connectivity index (χ0v) is 15.5. The van der Waals surface area contributed by atoms with Gasteiger partial charge in [-0.05, 0) is 24.6 Å². The Morgan fingerprint density at radius 1 is 1.26 bits per heavy atom. The summed E-state index contributed by atoms with van der Waals surface area (Å²) in [4.78, 5) is 21.9. The van der Waals surface area contributed by atoms with Crippen LogP contribution in [0.1, 0.15) is 26.5 Å². The highest BCUT2D eigenvalue weighted by atomic mass is 32.1. The number of thiazole rings is 1. The second-order valence-electron chi connectivity index (χ2n) is 6.16. The number of pyridine rings is 1. The average Bonchev–Trinajstić information content (AvgIpc) is 3.21. The maximum Gasteiger partial charge on any atom is 0.259 e. The molecule has 136 valence electrons. The lowest BCUT2D eigenvalue weighted by Gasteiger charge is -2.02. The quantitative estimate of drug-likeness (QED) is 0.585. The number of hydrogen-bond acceptors (Lipinski definition) is 5. The van der Waals surface area contributed by atoms with Gasteiger partial charge in [-0.2, -0.15) is 5.10 Å². The van der Waals surface area contributed by atoms with E-state index in [1.54, 1.807) is 35.1 Å². The monoisotopic (exact) mass is 381 g/mol. The minimum Gasteiger partial charge on any atom is -0.298 e. The van der Waals surface area contributed by atoms with Crippen molar-refractivity contribution in [1.82, 2.24) is 19.7 Å². The van der Waals surface area contributed by atoms with Crippen LogP contribution in [0.3, 0.4) is 0 Å². The molecule has 0 unspecified atom stereocenters. The van der Waals surface area contributed by atoms with E-state index in [-0.39, 0.29) is 11.7 Å². The van der Waals surface area contributed by atoms with E-state index >= 15 is 0 Å². The normalized spacial score (nSPS) is 11.1. The van der Waals surface area contributed by atoms with Gasteiger partial charge in [0.2, 0.25) is 0 Å². The molecule has 8 heteroatoms. The molecule has 0 bridgehead atoms. The lowest BCUT2D eigenvalue weighted by molar-refractivity contribution is 0.102. The van der Waals surface area contributed by atoms with Crippen molar-refractivity contribution in [2.75, 3.05) is 5.32 Å². The lowest BCUT2D eigenvalue weighted by atomic mass is 10.1. The van der Waals surface area contributed by atoms with Crippen LogP contribution in [0.2, 0.25) is 0 Å². The Hall–Kier alpha value is -3.13. The van der Waals surface area contributed by atoms with E-state index in [1.165, 1.54) is 23.6 Å². The molecule has 3 heterocycles. The molecule has 0 fully saturated rings. The number of aromatic nitrogens is 4. The second-order valence-corrected chi connectivity index (χ2v) is 7.27. The van der Waals surface area contributed by atoms with Crippen molar-refractivity contribution in [2.45, 2.75) is 13.3 Å². The summed E-state index contributed by atoms with van der Waals surface area (Å²) >= 11 is 1.32. The molecule has 0 aliphatic rings. The number of hydrogen-bond donors (Lipinski definition) is 1. The summed E-state index contributed by atoms with van der Waals surface area (Å²) in [6.45, 7) is 1.88. The number of aryl methyl sites for hydroxylation is 2. The average molecular weight is 381 g/mol. The summed E-state index contributed by atoms with van der Waals surface area (Å²) in [5.41, 5.74) is 2.58. The van der Waals surface area contributed by atoms with Gasteiger partial charge in [-0.3, -0.25) is 14.8 Å². The van der Waals surface area contributed by atoms with Crippen molar-refractivity contribution in [3.8, 4) is 0 Å². The SMILES string of the molecule is Cc1nn(C)c2ncc(C(=O)Nc3ncc(Cc4ccccc4F)s3)cc12. The molecular weight excluding hydrogens is 365 g/mol. The highest BCUT2D eigenvalue weighted by Gasteiger charge is 2.14. The van der Waals surface area contributed by atoms with Crippen molar-refractivity contribution in [1.29, 1.82) is 0 Å². The number of carbonyl (C=O) groups excluding carboxylic acids is 1. The van der Waals surface area contributed by atoms with Crippen molar-refractivity contribution < 1.29 is 9.18 Å². The first kappa shape index (κ1) is 17.3. The van der Waals surface area contributed by atoms with Crippen LogP contribution in [0.5, 0.6) is 0 Å². The van der Waals surface area contributed by atoms with Gasteiger partial charge in [-0.15, -0.1) is 11.3 Å². The molecule has 27 heavy (non-hydrogen) atoms. The van der Waals surface area contributed by atoms with E-state index in [4.69, 9.17) is 0 Å². The number of amides is 1. The van der Waals surface area contributed by atoms with E-state index in [0.29, 0.717) is 22.7 Å². The summed E-state index contributed by atoms with van der Waals surface area (Å²) in [5.74, 6) is -0.540. The van der Waals surface area contributed by atoms with Crippen LogP contribution >= 0.6 is 11.3 Å². The third-order valence-corrected chi connectivity index (χ3v) is 5.13. The molecule has 0 saturated heterocycles. The van der Waals surface area contributed by atoms with Crippen molar-refractivity contribution >= 4 is 33.4 Å². The third-order valence-electron chi connectivity index (χ3n) is 4.22. The standard InChI is InChI=1S/C19H16FN5OS/c1-11-15-8-13(9-21-17(15)25(2)24-11)18(26)23-19-22-10-14(27-19)7-12-5-3-4-6-16(12)20/h3-6,8-10H,7H2,1-2H3,(H,22,23,26). The topological polar surface area (TPSA) is 72.7 Å². The Balaban J connectivity index is 1.51. The Morgan fingerprint density at radius 3 is 2.89 bits per heavy atom. The molecule has 1 amide bonds. The fourth-order valence-corrected chi connectivity index (χ4v) is 3.71. The maximum atomic E-state index is 13.8. The molecule has 0 aliphatic heterocycles. The predicted molar refractivity (Wildman–Crippen MR) is 103 cm³/mol. The minimum atomic E-state index is -0.292. The van der Waals surface area contributed by atoms with Crippen molar-refractivity contribution in [3.63, 3.8) is 0 Å². The summed E-state index contributed by atoms with van der Waals surface area (Å²) in [5, 5.41) is 8.39. The van der Waals surface area contributed by atoms with Gasteiger partial charge in [0, 0.05) is 36.1 Å². The number of nitrogens with one attached hydrogen (secondary N) is 1. The van der Waals surface area contributed by atoms with Gasteiger partial charge in [0.25, 0.3) is 5.91 Å². The molecule has 4 aromatic rings. The number of anilines is 1. The highest BCUT2D eigenvalue weighted by Crippen LogP contribution is 2.23. The number of rotatable bonds is 4. The molecule has 0 radical (unpaired) electrons. The molecule has 0 atom stereocenters. The van der Waals surface area contributed by atoms with Crippen molar-refractivity contribution in [2.24, 2.45) is 7.05 Å². The number of fused-ring (bicyclic) bond motifs is 1.